The van der Waals surface area contributed by atoms with Gasteiger partial charge in [-0.15, -0.1) is 5.10 Å². The molecule has 0 bridgehead atoms. The quantitative estimate of drug-likeness (QED) is 0.777. The lowest BCUT2D eigenvalue weighted by atomic mass is 9.87. The Labute approximate surface area is 89.2 Å². The molecule has 2 rings (SSSR count). The maximum atomic E-state index is 9.21. The third kappa shape index (κ3) is 1.62. The van der Waals surface area contributed by atoms with Gasteiger partial charge in [-0.1, -0.05) is 0 Å². The van der Waals surface area contributed by atoms with E-state index in [2.05, 4.69) is 26.0 Å². The number of nitrogens with zero attached hydrogens (tertiary/aromatic N) is 3. The number of nitrogens with two attached hydrogens (primary N) is 1. The van der Waals surface area contributed by atoms with Gasteiger partial charge in [-0.05, 0) is 15.9 Å². The molecule has 78 valence electrons. The first-order chi connectivity index (χ1) is 6.65. The van der Waals surface area contributed by atoms with Crippen LogP contribution in [0.4, 0.5) is 5.95 Å². The van der Waals surface area contributed by atoms with E-state index in [0.29, 0.717) is 24.5 Å². The zero-order chi connectivity index (χ0) is 10.2. The van der Waals surface area contributed by atoms with Gasteiger partial charge in [-0.2, -0.15) is 4.98 Å². The summed E-state index contributed by atoms with van der Waals surface area (Å²) in [5.74, 6) is 0.227. The molecule has 3 N–H and O–H groups in total. The van der Waals surface area contributed by atoms with Crippen molar-refractivity contribution in [3.63, 3.8) is 0 Å². The van der Waals surface area contributed by atoms with Gasteiger partial charge in [0.25, 0.3) is 0 Å². The van der Waals surface area contributed by atoms with Crippen LogP contribution in [0.5, 0.6) is 0 Å². The first-order valence-electron chi connectivity index (χ1n) is 4.20. The normalized spacial score (nSPS) is 19.3. The van der Waals surface area contributed by atoms with Crippen molar-refractivity contribution in [3.05, 3.63) is 4.73 Å². The van der Waals surface area contributed by atoms with Crippen LogP contribution in [0.3, 0.4) is 0 Å². The van der Waals surface area contributed by atoms with Gasteiger partial charge < -0.3 is 15.6 Å². The van der Waals surface area contributed by atoms with Crippen molar-refractivity contribution in [1.82, 2.24) is 14.8 Å². The number of rotatable bonds is 3. The predicted octanol–water partition coefficient (Wildman–Crippen LogP) is -0.368. The number of aliphatic hydroxyl groups is 1. The van der Waals surface area contributed by atoms with Gasteiger partial charge in [0.1, 0.15) is 0 Å². The Morgan fingerprint density at radius 2 is 2.36 bits per heavy atom. The summed E-state index contributed by atoms with van der Waals surface area (Å²) < 4.78 is 7.29. The second kappa shape index (κ2) is 3.48. The molecule has 1 aliphatic rings. The average Bonchev–Trinajstić information content (AvgIpc) is 2.38. The van der Waals surface area contributed by atoms with Crippen molar-refractivity contribution >= 4 is 21.9 Å². The molecule has 0 amide bonds. The maximum Gasteiger partial charge on any atom is 0.240 e. The number of hydrogen-bond donors (Lipinski definition) is 2. The maximum absolute atomic E-state index is 9.21. The van der Waals surface area contributed by atoms with E-state index in [1.165, 1.54) is 0 Å². The standard InChI is InChI=1S/C7H11BrN4O2/c8-5-10-6(9)11-12(5)1-7(2-13)3-14-4-7/h13H,1-4H2,(H2,9,11). The lowest BCUT2D eigenvalue weighted by Gasteiger charge is -2.39. The van der Waals surface area contributed by atoms with Crippen LogP contribution in [0.2, 0.25) is 0 Å². The summed E-state index contributed by atoms with van der Waals surface area (Å²) in [5.41, 5.74) is 5.21. The molecule has 0 aliphatic carbocycles. The molecule has 1 aromatic rings. The highest BCUT2D eigenvalue weighted by atomic mass is 79.9. The van der Waals surface area contributed by atoms with Crippen LogP contribution in [-0.2, 0) is 11.3 Å². The van der Waals surface area contributed by atoms with Crippen molar-refractivity contribution in [2.24, 2.45) is 5.41 Å². The largest absolute Gasteiger partial charge is 0.396 e. The third-order valence-electron chi connectivity index (χ3n) is 2.28. The molecule has 2 heterocycles. The van der Waals surface area contributed by atoms with E-state index in [1.807, 2.05) is 0 Å². The van der Waals surface area contributed by atoms with Crippen molar-refractivity contribution in [1.29, 1.82) is 0 Å². The van der Waals surface area contributed by atoms with Gasteiger partial charge in [-0.25, -0.2) is 4.68 Å². The van der Waals surface area contributed by atoms with Gasteiger partial charge >= 0.3 is 0 Å². The number of aliphatic hydroxyl groups excluding tert-OH is 1. The lowest BCUT2D eigenvalue weighted by Crippen LogP contribution is -2.48. The molecule has 1 aromatic heterocycles. The fraction of sp³-hybridized carbons (Fsp3) is 0.714. The molecule has 1 aliphatic heterocycles. The van der Waals surface area contributed by atoms with E-state index >= 15 is 0 Å². The first kappa shape index (κ1) is 9.88. The van der Waals surface area contributed by atoms with E-state index in [0.717, 1.165) is 0 Å². The number of hydrogen-bond acceptors (Lipinski definition) is 5. The summed E-state index contributed by atoms with van der Waals surface area (Å²) in [6, 6.07) is 0. The molecule has 0 spiro atoms. The second-order valence-electron chi connectivity index (χ2n) is 3.55. The molecule has 7 heteroatoms. The fourth-order valence-corrected chi connectivity index (χ4v) is 1.77. The molecule has 0 aromatic carbocycles. The fourth-order valence-electron chi connectivity index (χ4n) is 1.38. The molecule has 0 saturated carbocycles. The minimum absolute atomic E-state index is 0.0825. The molecule has 0 atom stereocenters. The summed E-state index contributed by atoms with van der Waals surface area (Å²) >= 11 is 3.24. The summed E-state index contributed by atoms with van der Waals surface area (Å²) in [6.45, 7) is 1.75. The van der Waals surface area contributed by atoms with Crippen LogP contribution in [-0.4, -0.2) is 39.7 Å². The predicted molar refractivity (Wildman–Crippen MR) is 52.5 cm³/mol. The summed E-state index contributed by atoms with van der Waals surface area (Å²) in [5, 5.41) is 13.2. The first-order valence-corrected chi connectivity index (χ1v) is 4.99. The minimum atomic E-state index is -0.220. The Hall–Kier alpha value is -0.660. The average molecular weight is 263 g/mol. The number of ether oxygens (including phenoxy) is 1. The number of halogens is 1. The monoisotopic (exact) mass is 262 g/mol. The molecule has 14 heavy (non-hydrogen) atoms. The molecule has 1 fully saturated rings. The summed E-state index contributed by atoms with van der Waals surface area (Å²) in [6.07, 6.45) is 0. The third-order valence-corrected chi connectivity index (χ3v) is 2.87. The highest BCUT2D eigenvalue weighted by molar-refractivity contribution is 9.10. The van der Waals surface area contributed by atoms with E-state index in [-0.39, 0.29) is 18.0 Å². The van der Waals surface area contributed by atoms with Gasteiger partial charge in [0.15, 0.2) is 4.73 Å². The highest BCUT2D eigenvalue weighted by Gasteiger charge is 2.39. The van der Waals surface area contributed by atoms with Crippen molar-refractivity contribution in [2.75, 3.05) is 25.6 Å². The second-order valence-corrected chi connectivity index (χ2v) is 4.26. The van der Waals surface area contributed by atoms with E-state index < -0.39 is 0 Å². The van der Waals surface area contributed by atoms with Crippen molar-refractivity contribution < 1.29 is 9.84 Å². The van der Waals surface area contributed by atoms with Gasteiger partial charge in [0.2, 0.25) is 5.95 Å². The van der Waals surface area contributed by atoms with Crippen LogP contribution >= 0.6 is 15.9 Å². The molecule has 0 radical (unpaired) electrons. The van der Waals surface area contributed by atoms with Crippen molar-refractivity contribution in [3.8, 4) is 0 Å². The van der Waals surface area contributed by atoms with Gasteiger partial charge in [-0.3, -0.25) is 0 Å². The van der Waals surface area contributed by atoms with Gasteiger partial charge in [0.05, 0.1) is 31.8 Å². The highest BCUT2D eigenvalue weighted by Crippen LogP contribution is 2.29. The van der Waals surface area contributed by atoms with Crippen LogP contribution < -0.4 is 5.73 Å². The van der Waals surface area contributed by atoms with Crippen molar-refractivity contribution in [2.45, 2.75) is 6.54 Å². The Balaban J connectivity index is 2.13. The topological polar surface area (TPSA) is 86.2 Å². The molecular formula is C7H11BrN4O2. The van der Waals surface area contributed by atoms with Gasteiger partial charge in [0, 0.05) is 0 Å². The molecule has 6 nitrogen and oxygen atoms in total. The van der Waals surface area contributed by atoms with E-state index in [1.54, 1.807) is 4.68 Å². The Morgan fingerprint density at radius 1 is 1.64 bits per heavy atom. The number of anilines is 1. The molecule has 0 unspecified atom stereocenters. The zero-order valence-electron chi connectivity index (χ0n) is 7.48. The zero-order valence-corrected chi connectivity index (χ0v) is 9.07. The van der Waals surface area contributed by atoms with E-state index in [4.69, 9.17) is 10.5 Å². The molecule has 1 saturated heterocycles. The van der Waals surface area contributed by atoms with Crippen LogP contribution in [0.1, 0.15) is 0 Å². The lowest BCUT2D eigenvalue weighted by molar-refractivity contribution is -0.146. The molecular weight excluding hydrogens is 252 g/mol. The van der Waals surface area contributed by atoms with E-state index in [9.17, 15) is 5.11 Å². The number of nitrogen functional groups attached to an aromatic ring is 1. The minimum Gasteiger partial charge on any atom is -0.396 e. The Kier molecular flexibility index (Phi) is 2.46. The summed E-state index contributed by atoms with van der Waals surface area (Å²) in [4.78, 5) is 3.91. The van der Waals surface area contributed by atoms with Crippen LogP contribution in [0, 0.1) is 5.41 Å². The Bertz CT molecular complexity index is 331. The summed E-state index contributed by atoms with van der Waals surface area (Å²) in [7, 11) is 0. The number of aromatic nitrogens is 3. The Morgan fingerprint density at radius 3 is 2.71 bits per heavy atom. The van der Waals surface area contributed by atoms with Crippen LogP contribution in [0.25, 0.3) is 0 Å². The SMILES string of the molecule is Nc1nc(Br)n(CC2(CO)COC2)n1. The van der Waals surface area contributed by atoms with Crippen LogP contribution in [0.15, 0.2) is 4.73 Å². The smallest absolute Gasteiger partial charge is 0.240 e.